The molecular weight excluding hydrogens is 582 g/mol. The Morgan fingerprint density at radius 1 is 1.00 bits per heavy atom. The lowest BCUT2D eigenvalue weighted by atomic mass is 9.42. The molecule has 1 aromatic rings. The Balaban J connectivity index is 1.50. The van der Waals surface area contributed by atoms with Gasteiger partial charge in [-0.2, -0.15) is 0 Å². The van der Waals surface area contributed by atoms with Gasteiger partial charge in [0.05, 0.1) is 36.6 Å². The maximum atomic E-state index is 13.7. The topological polar surface area (TPSA) is 133 Å². The van der Waals surface area contributed by atoms with Gasteiger partial charge < -0.3 is 38.6 Å². The van der Waals surface area contributed by atoms with Crippen molar-refractivity contribution in [2.75, 3.05) is 48.1 Å². The fraction of sp³-hybridized carbons (Fsp3) is 0.765. The van der Waals surface area contributed by atoms with Crippen molar-refractivity contribution in [1.82, 2.24) is 4.90 Å². The number of esters is 2. The highest BCUT2D eigenvalue weighted by molar-refractivity contribution is 5.89. The second-order valence-corrected chi connectivity index (χ2v) is 14.4. The molecule has 5 aliphatic carbocycles. The summed E-state index contributed by atoms with van der Waals surface area (Å²) in [6, 6.07) is 8.56. The van der Waals surface area contributed by atoms with Gasteiger partial charge in [-0.1, -0.05) is 25.1 Å². The van der Waals surface area contributed by atoms with Gasteiger partial charge in [0.2, 0.25) is 0 Å². The molecule has 3 unspecified atom stereocenters. The number of hydrogen-bond donors (Lipinski definition) is 2. The summed E-state index contributed by atoms with van der Waals surface area (Å²) in [5, 5.41) is 24.8. The monoisotopic (exact) mass is 629 g/mol. The van der Waals surface area contributed by atoms with Crippen LogP contribution in [0, 0.1) is 34.5 Å². The van der Waals surface area contributed by atoms with E-state index in [-0.39, 0.29) is 30.7 Å². The Morgan fingerprint density at radius 3 is 2.31 bits per heavy atom. The average molecular weight is 630 g/mol. The second-order valence-electron chi connectivity index (χ2n) is 14.4. The molecule has 1 aliphatic heterocycles. The van der Waals surface area contributed by atoms with Crippen molar-refractivity contribution in [3.8, 4) is 0 Å². The van der Waals surface area contributed by atoms with Gasteiger partial charge in [-0.25, -0.2) is 4.79 Å². The van der Waals surface area contributed by atoms with E-state index in [1.54, 1.807) is 52.7 Å². The first-order chi connectivity index (χ1) is 21.5. The number of methoxy groups -OCH3 is 4. The van der Waals surface area contributed by atoms with Crippen molar-refractivity contribution in [3.63, 3.8) is 0 Å². The first kappa shape index (κ1) is 31.5. The highest BCUT2D eigenvalue weighted by Crippen LogP contribution is 2.80. The minimum absolute atomic E-state index is 0.163. The number of ether oxygens (including phenoxy) is 6. The number of nitrogens with zero attached hydrogens (tertiary/aromatic N) is 1. The number of carbonyl (C=O) groups is 2. The number of hydrogen-bond acceptors (Lipinski definition) is 11. The van der Waals surface area contributed by atoms with Crippen LogP contribution in [0.3, 0.4) is 0 Å². The maximum absolute atomic E-state index is 13.7. The standard InChI is InChI=1S/C34H47NO10/c1-7-35-16-31(17-40-3)21(37)13-22(41-4)34-20-14-32(39)23(42-5)15-33(45-18(2)36,25(28(34)35)26(43-6)27(31)34)24(20)29(32)44-30(38)19-11-9-8-10-12-19/h8-12,20-29,37,39H,7,13-17H2,1-6H3/t20-,21-,22+,23+,24-,25?,26+,27+,28?,29-,31+,32+,33-,34?/m1/s1. The number of aliphatic hydroxyl groups is 2. The lowest BCUT2D eigenvalue weighted by Gasteiger charge is -2.70. The molecule has 6 fully saturated rings. The molecule has 1 spiro atoms. The normalized spacial score (nSPS) is 49.1. The molecule has 1 saturated heterocycles. The largest absolute Gasteiger partial charge is 0.458 e. The van der Waals surface area contributed by atoms with Crippen molar-refractivity contribution in [2.24, 2.45) is 34.5 Å². The van der Waals surface area contributed by atoms with E-state index in [9.17, 15) is 19.8 Å². The van der Waals surface area contributed by atoms with Crippen LogP contribution in [-0.2, 0) is 33.2 Å². The van der Waals surface area contributed by atoms with Crippen LogP contribution in [0.5, 0.6) is 0 Å². The van der Waals surface area contributed by atoms with Gasteiger partial charge in [0.25, 0.3) is 0 Å². The molecule has 0 radical (unpaired) electrons. The van der Waals surface area contributed by atoms with E-state index in [0.29, 0.717) is 31.7 Å². The van der Waals surface area contributed by atoms with E-state index in [4.69, 9.17) is 28.4 Å². The Hall–Kier alpha value is -2.12. The summed E-state index contributed by atoms with van der Waals surface area (Å²) in [7, 11) is 6.58. The molecule has 7 bridgehead atoms. The molecule has 1 heterocycles. The van der Waals surface area contributed by atoms with Crippen LogP contribution in [0.15, 0.2) is 30.3 Å². The number of fused-ring (bicyclic) bond motifs is 2. The lowest BCUT2D eigenvalue weighted by molar-refractivity contribution is -0.300. The molecule has 0 aromatic heterocycles. The zero-order valence-electron chi connectivity index (χ0n) is 27.0. The van der Waals surface area contributed by atoms with Crippen molar-refractivity contribution in [2.45, 2.75) is 80.9 Å². The van der Waals surface area contributed by atoms with Crippen molar-refractivity contribution in [1.29, 1.82) is 0 Å². The quantitative estimate of drug-likeness (QED) is 0.387. The number of aliphatic hydroxyl groups excluding tert-OH is 1. The Morgan fingerprint density at radius 2 is 1.71 bits per heavy atom. The number of benzene rings is 1. The molecule has 11 heteroatoms. The van der Waals surface area contributed by atoms with Gasteiger partial charge in [-0.05, 0) is 31.0 Å². The third-order valence-electron chi connectivity index (χ3n) is 13.1. The molecule has 2 N–H and O–H groups in total. The van der Waals surface area contributed by atoms with E-state index in [2.05, 4.69) is 11.8 Å². The molecule has 14 atom stereocenters. The predicted octanol–water partition coefficient (Wildman–Crippen LogP) is 1.68. The highest BCUT2D eigenvalue weighted by Gasteiger charge is 2.90. The summed E-state index contributed by atoms with van der Waals surface area (Å²) in [4.78, 5) is 29.3. The van der Waals surface area contributed by atoms with Gasteiger partial charge in [0, 0.05) is 89.4 Å². The fourth-order valence-electron chi connectivity index (χ4n) is 12.2. The SMILES string of the molecule is CCN1C[C@]2(COC)[C@H](O)C[C@H](OC)C34C1C([C@H](OC)[C@H]32)[C@@]1(OC(C)=O)C[C@H](OC)[C@@]2(O)C[C@@H]4[C@@H]1[C@H]2OC(=O)c1ccccc1. The first-order valence-electron chi connectivity index (χ1n) is 16.2. The van der Waals surface area contributed by atoms with Crippen molar-refractivity contribution >= 4 is 11.9 Å². The number of likely N-dealkylation sites (tertiary alicyclic amines) is 1. The van der Waals surface area contributed by atoms with Crippen LogP contribution in [0.4, 0.5) is 0 Å². The third kappa shape index (κ3) is 3.72. The van der Waals surface area contributed by atoms with Crippen LogP contribution < -0.4 is 0 Å². The molecule has 45 heavy (non-hydrogen) atoms. The molecule has 1 aromatic carbocycles. The smallest absolute Gasteiger partial charge is 0.338 e. The molecule has 11 nitrogen and oxygen atoms in total. The minimum atomic E-state index is -1.55. The summed E-state index contributed by atoms with van der Waals surface area (Å²) in [6.07, 6.45) is -2.55. The Bertz CT molecular complexity index is 1330. The maximum Gasteiger partial charge on any atom is 0.338 e. The first-order valence-corrected chi connectivity index (χ1v) is 16.2. The van der Waals surface area contributed by atoms with Gasteiger partial charge >= 0.3 is 11.9 Å². The minimum Gasteiger partial charge on any atom is -0.458 e. The zero-order valence-corrected chi connectivity index (χ0v) is 27.0. The summed E-state index contributed by atoms with van der Waals surface area (Å²) < 4.78 is 37.9. The van der Waals surface area contributed by atoms with Crippen molar-refractivity contribution in [3.05, 3.63) is 35.9 Å². The van der Waals surface area contributed by atoms with Crippen LogP contribution >= 0.6 is 0 Å². The zero-order chi connectivity index (χ0) is 32.1. The number of piperidine rings is 1. The summed E-state index contributed by atoms with van der Waals surface area (Å²) in [5.74, 6) is -2.55. The van der Waals surface area contributed by atoms with E-state index in [1.165, 1.54) is 6.92 Å². The highest BCUT2D eigenvalue weighted by atomic mass is 16.6. The molecule has 5 saturated carbocycles. The summed E-state index contributed by atoms with van der Waals surface area (Å²) >= 11 is 0. The number of carbonyl (C=O) groups excluding carboxylic acids is 2. The number of rotatable bonds is 9. The molecule has 248 valence electrons. The fourth-order valence-corrected chi connectivity index (χ4v) is 12.2. The van der Waals surface area contributed by atoms with Crippen LogP contribution in [0.1, 0.15) is 43.5 Å². The molecule has 7 rings (SSSR count). The Labute approximate surface area is 264 Å². The van der Waals surface area contributed by atoms with Gasteiger partial charge in [-0.15, -0.1) is 0 Å². The van der Waals surface area contributed by atoms with Gasteiger partial charge in [0.15, 0.2) is 0 Å². The van der Waals surface area contributed by atoms with Gasteiger partial charge in [-0.3, -0.25) is 9.69 Å². The van der Waals surface area contributed by atoms with Gasteiger partial charge in [0.1, 0.15) is 17.3 Å². The van der Waals surface area contributed by atoms with E-state index >= 15 is 0 Å². The third-order valence-corrected chi connectivity index (χ3v) is 13.1. The van der Waals surface area contributed by atoms with Crippen LogP contribution in [-0.4, -0.2) is 123 Å². The Kier molecular flexibility index (Phi) is 7.48. The average Bonchev–Trinajstić information content (AvgIpc) is 3.40. The van der Waals surface area contributed by atoms with Crippen molar-refractivity contribution < 1.29 is 48.2 Å². The molecule has 6 aliphatic rings. The van der Waals surface area contributed by atoms with Crippen LogP contribution in [0.2, 0.25) is 0 Å². The van der Waals surface area contributed by atoms with Crippen LogP contribution in [0.25, 0.3) is 0 Å². The van der Waals surface area contributed by atoms with E-state index < -0.39 is 76.3 Å². The summed E-state index contributed by atoms with van der Waals surface area (Å²) in [5.41, 5.74) is -3.74. The van der Waals surface area contributed by atoms with E-state index in [0.717, 1.165) is 0 Å². The van der Waals surface area contributed by atoms with E-state index in [1.807, 2.05) is 6.07 Å². The lowest BCUT2D eigenvalue weighted by Crippen LogP contribution is -2.79. The molecular formula is C34H47NO10. The molecule has 0 amide bonds. The predicted molar refractivity (Wildman–Crippen MR) is 159 cm³/mol. The second kappa shape index (κ2) is 10.7. The summed E-state index contributed by atoms with van der Waals surface area (Å²) in [6.45, 7) is 5.08.